The second kappa shape index (κ2) is 13.8. The van der Waals surface area contributed by atoms with Crippen molar-refractivity contribution in [3.63, 3.8) is 0 Å². The third kappa shape index (κ3) is 7.71. The lowest BCUT2D eigenvalue weighted by atomic mass is 9.80. The molecule has 1 saturated heterocycles. The number of ether oxygens (including phenoxy) is 3. The molecule has 0 aliphatic carbocycles. The maximum absolute atomic E-state index is 13.5. The smallest absolute Gasteiger partial charge is 0.316 e. The van der Waals surface area contributed by atoms with Gasteiger partial charge in [0.1, 0.15) is 24.2 Å². The fraction of sp³-hybridized carbons (Fsp3) is 0.786. The number of Topliss-reactive ketones (excluding diaryl/α,β-unsaturated/α-hetero) is 1. The summed E-state index contributed by atoms with van der Waals surface area (Å²) in [6, 6.07) is -0.851. The van der Waals surface area contributed by atoms with E-state index in [1.807, 2.05) is 20.8 Å². The summed E-state index contributed by atoms with van der Waals surface area (Å²) in [7, 11) is 0. The third-order valence-corrected chi connectivity index (χ3v) is 7.83. The number of nitrogens with one attached hydrogen (secondary N) is 1. The van der Waals surface area contributed by atoms with E-state index in [1.165, 1.54) is 19.9 Å². The Morgan fingerprint density at radius 3 is 2.29 bits per heavy atom. The monoisotopic (exact) mass is 539 g/mol. The molecule has 2 aliphatic rings. The molecule has 0 radical (unpaired) electrons. The normalized spacial score (nSPS) is 41.8. The summed E-state index contributed by atoms with van der Waals surface area (Å²) in [4.78, 5) is 50.8. The van der Waals surface area contributed by atoms with Crippen LogP contribution in [0.2, 0.25) is 0 Å². The van der Waals surface area contributed by atoms with Crippen LogP contribution in [0.1, 0.15) is 68.2 Å². The number of hydrogen-bond donors (Lipinski definition) is 3. The Morgan fingerprint density at radius 2 is 1.71 bits per heavy atom. The Morgan fingerprint density at radius 1 is 1.08 bits per heavy atom. The first-order chi connectivity index (χ1) is 17.7. The lowest BCUT2D eigenvalue weighted by Crippen LogP contribution is -2.63. The molecule has 0 saturated carbocycles. The number of amides is 1. The molecule has 2 aliphatic heterocycles. The molecule has 0 aromatic rings. The second-order valence-electron chi connectivity index (χ2n) is 11.0. The van der Waals surface area contributed by atoms with E-state index in [4.69, 9.17) is 14.2 Å². The van der Waals surface area contributed by atoms with Gasteiger partial charge < -0.3 is 29.7 Å². The van der Waals surface area contributed by atoms with Crippen molar-refractivity contribution in [2.45, 2.75) is 111 Å². The number of rotatable bonds is 4. The van der Waals surface area contributed by atoms with Crippen LogP contribution in [-0.4, -0.2) is 76.5 Å². The zero-order chi connectivity index (χ0) is 28.9. The van der Waals surface area contributed by atoms with Gasteiger partial charge in [-0.1, -0.05) is 40.7 Å². The van der Waals surface area contributed by atoms with Gasteiger partial charge in [0, 0.05) is 24.7 Å². The van der Waals surface area contributed by atoms with Gasteiger partial charge in [-0.2, -0.15) is 0 Å². The highest BCUT2D eigenvalue weighted by atomic mass is 16.7. The van der Waals surface area contributed by atoms with Crippen molar-refractivity contribution in [2.75, 3.05) is 0 Å². The van der Waals surface area contributed by atoms with Gasteiger partial charge in [0.05, 0.1) is 18.2 Å². The molecule has 10 nitrogen and oxygen atoms in total. The fourth-order valence-corrected chi connectivity index (χ4v) is 5.31. The quantitative estimate of drug-likeness (QED) is 0.360. The Balaban J connectivity index is 2.38. The highest BCUT2D eigenvalue weighted by molar-refractivity contribution is 6.00. The number of ketones is 2. The maximum Gasteiger partial charge on any atom is 0.316 e. The van der Waals surface area contributed by atoms with Crippen molar-refractivity contribution in [3.8, 4) is 0 Å². The summed E-state index contributed by atoms with van der Waals surface area (Å²) in [5.74, 6) is -4.32. The van der Waals surface area contributed by atoms with E-state index in [2.05, 4.69) is 5.32 Å². The van der Waals surface area contributed by atoms with Crippen LogP contribution in [0.25, 0.3) is 0 Å². The number of esters is 1. The van der Waals surface area contributed by atoms with Gasteiger partial charge in [-0.25, -0.2) is 0 Å². The summed E-state index contributed by atoms with van der Waals surface area (Å²) >= 11 is 0. The highest BCUT2D eigenvalue weighted by Crippen LogP contribution is 2.32. The molecule has 3 unspecified atom stereocenters. The van der Waals surface area contributed by atoms with Crippen molar-refractivity contribution in [2.24, 2.45) is 29.6 Å². The van der Waals surface area contributed by atoms with Crippen molar-refractivity contribution in [1.29, 1.82) is 0 Å². The van der Waals surface area contributed by atoms with Gasteiger partial charge in [0.25, 0.3) is 0 Å². The highest BCUT2D eigenvalue weighted by Gasteiger charge is 2.46. The maximum atomic E-state index is 13.5. The van der Waals surface area contributed by atoms with Gasteiger partial charge in [-0.3, -0.25) is 19.2 Å². The minimum atomic E-state index is -1.51. The molecule has 3 N–H and O–H groups in total. The summed E-state index contributed by atoms with van der Waals surface area (Å²) in [6.45, 7) is 13.5. The Kier molecular flexibility index (Phi) is 11.6. The van der Waals surface area contributed by atoms with Crippen molar-refractivity contribution >= 4 is 23.4 Å². The molecular formula is C28H45NO9. The van der Waals surface area contributed by atoms with E-state index in [9.17, 15) is 29.4 Å². The zero-order valence-corrected chi connectivity index (χ0v) is 23.7. The number of hydrogen-bond acceptors (Lipinski definition) is 9. The Hall–Kier alpha value is -2.14. The van der Waals surface area contributed by atoms with Crippen LogP contribution in [0.15, 0.2) is 12.2 Å². The SMILES string of the molecule is CC[C@H]1OC(=O)[C@H](C)C(=O)C(C)[C@@H](O[C@@H]2OC(C)[C@H](NC(C)=O)C(O)[C@H]2O)[C@@H](C)C[C@@H](C)C(=O)C=C[C@H]1C. The van der Waals surface area contributed by atoms with E-state index < -0.39 is 66.4 Å². The molecular weight excluding hydrogens is 494 g/mol. The number of cyclic esters (lactones) is 1. The van der Waals surface area contributed by atoms with Crippen molar-refractivity contribution in [3.05, 3.63) is 12.2 Å². The number of allylic oxidation sites excluding steroid dienone is 1. The van der Waals surface area contributed by atoms with Crippen molar-refractivity contribution < 1.29 is 43.6 Å². The van der Waals surface area contributed by atoms with Crippen LogP contribution in [0.3, 0.4) is 0 Å². The average Bonchev–Trinajstić information content (AvgIpc) is 2.86. The Bertz CT molecular complexity index is 890. The number of aliphatic hydroxyl groups is 2. The molecule has 0 aromatic heterocycles. The first kappa shape index (κ1) is 32.1. The van der Waals surface area contributed by atoms with Crippen molar-refractivity contribution in [1.82, 2.24) is 5.32 Å². The molecule has 0 bridgehead atoms. The standard InChI is InChI=1S/C28H45NO9/c1-9-21-13(2)10-11-20(31)14(3)12-15(4)26(16(5)23(32)17(6)27(35)37-21)38-28-25(34)24(33)22(18(7)36-28)29-19(8)30/h10-11,13-18,21-22,24-26,28,33-34H,9,12H2,1-8H3,(H,29,30)/t13-,14-,15+,16?,17-,18?,21-,22+,24?,25-,26+,28+/m1/s1. The number of carbonyl (C=O) groups is 4. The minimum absolute atomic E-state index is 0.0934. The summed E-state index contributed by atoms with van der Waals surface area (Å²) in [5, 5.41) is 24.0. The van der Waals surface area contributed by atoms with E-state index in [-0.39, 0.29) is 29.4 Å². The molecule has 2 rings (SSSR count). The largest absolute Gasteiger partial charge is 0.461 e. The molecule has 10 heteroatoms. The van der Waals surface area contributed by atoms with Crippen LogP contribution in [0.4, 0.5) is 0 Å². The molecule has 38 heavy (non-hydrogen) atoms. The zero-order valence-electron chi connectivity index (χ0n) is 23.7. The van der Waals surface area contributed by atoms with Gasteiger partial charge >= 0.3 is 5.97 Å². The molecule has 0 aromatic carbocycles. The predicted octanol–water partition coefficient (Wildman–Crippen LogP) is 1.94. The van der Waals surface area contributed by atoms with E-state index >= 15 is 0 Å². The van der Waals surface area contributed by atoms with Gasteiger partial charge in [-0.15, -0.1) is 0 Å². The molecule has 2 heterocycles. The molecule has 1 fully saturated rings. The van der Waals surface area contributed by atoms with Crippen LogP contribution >= 0.6 is 0 Å². The lowest BCUT2D eigenvalue weighted by molar-refractivity contribution is -0.293. The number of carbonyl (C=O) groups excluding carboxylic acids is 4. The lowest BCUT2D eigenvalue weighted by Gasteiger charge is -2.44. The van der Waals surface area contributed by atoms with Crippen LogP contribution in [0.5, 0.6) is 0 Å². The topological polar surface area (TPSA) is 148 Å². The minimum Gasteiger partial charge on any atom is -0.461 e. The molecule has 12 atom stereocenters. The third-order valence-electron chi connectivity index (χ3n) is 7.83. The average molecular weight is 540 g/mol. The summed E-state index contributed by atoms with van der Waals surface area (Å²) in [5.41, 5.74) is 0. The van der Waals surface area contributed by atoms with Crippen LogP contribution in [-0.2, 0) is 33.4 Å². The van der Waals surface area contributed by atoms with Gasteiger partial charge in [0.2, 0.25) is 5.91 Å². The first-order valence-corrected chi connectivity index (χ1v) is 13.6. The molecule has 0 spiro atoms. The fourth-order valence-electron chi connectivity index (χ4n) is 5.31. The van der Waals surface area contributed by atoms with Gasteiger partial charge in [-0.05, 0) is 38.7 Å². The van der Waals surface area contributed by atoms with Gasteiger partial charge in [0.15, 0.2) is 17.9 Å². The molecule has 1 amide bonds. The van der Waals surface area contributed by atoms with E-state index in [0.29, 0.717) is 12.8 Å². The first-order valence-electron chi connectivity index (χ1n) is 13.6. The van der Waals surface area contributed by atoms with E-state index in [1.54, 1.807) is 26.8 Å². The second-order valence-corrected chi connectivity index (χ2v) is 11.0. The molecule has 216 valence electrons. The van der Waals surface area contributed by atoms with Crippen LogP contribution < -0.4 is 5.32 Å². The Labute approximate surface area is 225 Å². The number of aliphatic hydroxyl groups excluding tert-OH is 2. The predicted molar refractivity (Wildman–Crippen MR) is 139 cm³/mol. The summed E-state index contributed by atoms with van der Waals surface area (Å²) < 4.78 is 17.7. The van der Waals surface area contributed by atoms with E-state index in [0.717, 1.165) is 0 Å². The van der Waals surface area contributed by atoms with Crippen LogP contribution in [0, 0.1) is 29.6 Å². The summed E-state index contributed by atoms with van der Waals surface area (Å²) in [6.07, 6.45) is -2.06.